The van der Waals surface area contributed by atoms with Crippen LogP contribution in [0.25, 0.3) is 5.52 Å². The number of nitrogens with two attached hydrogens (primary N) is 1. The van der Waals surface area contributed by atoms with Gasteiger partial charge in [0.2, 0.25) is 0 Å². The van der Waals surface area contributed by atoms with Crippen LogP contribution in [0.2, 0.25) is 0 Å². The van der Waals surface area contributed by atoms with Gasteiger partial charge in [-0.15, -0.1) is 0 Å². The number of hydrogen-bond acceptors (Lipinski definition) is 5. The Hall–Kier alpha value is -2.75. The van der Waals surface area contributed by atoms with Crippen LogP contribution in [-0.4, -0.2) is 22.8 Å². The number of primary amides is 1. The number of carbonyl (C=O) groups is 1. The number of nitrogens with zero attached hydrogens (tertiary/aromatic N) is 3. The van der Waals surface area contributed by atoms with Crippen LogP contribution in [0.5, 0.6) is 11.5 Å². The number of fused-ring (bicyclic) bond motifs is 1. The molecule has 2 heterocycles. The first kappa shape index (κ1) is 10.8. The first-order valence-corrected chi connectivity index (χ1v) is 4.59. The van der Waals surface area contributed by atoms with E-state index < -0.39 is 6.09 Å². The van der Waals surface area contributed by atoms with Gasteiger partial charge in [-0.3, -0.25) is 0 Å². The van der Waals surface area contributed by atoms with E-state index in [1.807, 2.05) is 6.07 Å². The summed E-state index contributed by atoms with van der Waals surface area (Å²) in [5, 5.41) is 12.9. The number of aromatic nitrogens is 2. The van der Waals surface area contributed by atoms with Gasteiger partial charge >= 0.3 is 6.09 Å². The van der Waals surface area contributed by atoms with E-state index in [0.29, 0.717) is 11.1 Å². The Morgan fingerprint density at radius 1 is 1.65 bits per heavy atom. The van der Waals surface area contributed by atoms with Crippen molar-refractivity contribution in [2.24, 2.45) is 5.73 Å². The first-order valence-electron chi connectivity index (χ1n) is 4.59. The molecule has 0 aromatic carbocycles. The lowest BCUT2D eigenvalue weighted by atomic mass is 10.2. The summed E-state index contributed by atoms with van der Waals surface area (Å²) in [7, 11) is 1.40. The maximum atomic E-state index is 10.7. The zero-order valence-electron chi connectivity index (χ0n) is 8.88. The van der Waals surface area contributed by atoms with Crippen LogP contribution in [-0.2, 0) is 0 Å². The summed E-state index contributed by atoms with van der Waals surface area (Å²) in [6.45, 7) is 0. The molecule has 7 heteroatoms. The number of pyridine rings is 1. The molecular weight excluding hydrogens is 224 g/mol. The van der Waals surface area contributed by atoms with Crippen molar-refractivity contribution in [3.05, 3.63) is 24.0 Å². The predicted molar refractivity (Wildman–Crippen MR) is 56.7 cm³/mol. The van der Waals surface area contributed by atoms with Crippen LogP contribution in [0.4, 0.5) is 4.79 Å². The molecule has 0 aliphatic heterocycles. The molecule has 0 bridgehead atoms. The standard InChI is InChI=1S/C10H8N4O3/c1-16-9-7(17-10(12)15)2-3-14-8(9)6(4-11)5-13-14/h2-3,5H,1H3,(H2,12,15). The van der Waals surface area contributed by atoms with Crippen LogP contribution >= 0.6 is 0 Å². The molecule has 2 aromatic heterocycles. The van der Waals surface area contributed by atoms with Crippen molar-refractivity contribution >= 4 is 11.6 Å². The first-order chi connectivity index (χ1) is 8.17. The fourth-order valence-corrected chi connectivity index (χ4v) is 1.50. The number of hydrogen-bond donors (Lipinski definition) is 1. The van der Waals surface area contributed by atoms with Crippen LogP contribution in [0.1, 0.15) is 5.56 Å². The van der Waals surface area contributed by atoms with Crippen molar-refractivity contribution in [2.45, 2.75) is 0 Å². The van der Waals surface area contributed by atoms with Gasteiger partial charge in [0, 0.05) is 12.3 Å². The number of carbonyl (C=O) groups excluding carboxylic acids is 1. The molecule has 0 unspecified atom stereocenters. The Balaban J connectivity index is 2.71. The Kier molecular flexibility index (Phi) is 2.54. The highest BCUT2D eigenvalue weighted by Crippen LogP contribution is 2.33. The van der Waals surface area contributed by atoms with Crippen LogP contribution in [0.15, 0.2) is 18.5 Å². The number of methoxy groups -OCH3 is 1. The average molecular weight is 232 g/mol. The molecular formula is C10H8N4O3. The molecule has 0 fully saturated rings. The smallest absolute Gasteiger partial charge is 0.410 e. The Bertz CT molecular complexity index is 626. The summed E-state index contributed by atoms with van der Waals surface area (Å²) in [4.78, 5) is 10.7. The second kappa shape index (κ2) is 4.02. The van der Waals surface area contributed by atoms with E-state index in [0.717, 1.165) is 0 Å². The van der Waals surface area contributed by atoms with Crippen molar-refractivity contribution in [1.29, 1.82) is 5.26 Å². The maximum absolute atomic E-state index is 10.7. The van der Waals surface area contributed by atoms with Gasteiger partial charge in [-0.1, -0.05) is 0 Å². The zero-order valence-corrected chi connectivity index (χ0v) is 8.88. The SMILES string of the molecule is COc1c(OC(N)=O)ccn2ncc(C#N)c12. The Morgan fingerprint density at radius 2 is 2.41 bits per heavy atom. The normalized spacial score (nSPS) is 9.88. The minimum Gasteiger partial charge on any atom is -0.491 e. The maximum Gasteiger partial charge on any atom is 0.410 e. The van der Waals surface area contributed by atoms with Gasteiger partial charge in [0.15, 0.2) is 11.5 Å². The van der Waals surface area contributed by atoms with E-state index >= 15 is 0 Å². The predicted octanol–water partition coefficient (Wildman–Crippen LogP) is 0.672. The van der Waals surface area contributed by atoms with Gasteiger partial charge < -0.3 is 15.2 Å². The highest BCUT2D eigenvalue weighted by Gasteiger charge is 2.16. The minimum absolute atomic E-state index is 0.143. The molecule has 0 aliphatic carbocycles. The summed E-state index contributed by atoms with van der Waals surface area (Å²) in [6.07, 6.45) is 1.98. The Morgan fingerprint density at radius 3 is 3.00 bits per heavy atom. The second-order valence-electron chi connectivity index (χ2n) is 3.10. The largest absolute Gasteiger partial charge is 0.491 e. The van der Waals surface area contributed by atoms with E-state index in [1.165, 1.54) is 30.1 Å². The summed E-state index contributed by atoms with van der Waals surface area (Å²) < 4.78 is 11.3. The molecule has 0 saturated carbocycles. The fraction of sp³-hybridized carbons (Fsp3) is 0.100. The van der Waals surface area contributed by atoms with Crippen LogP contribution in [0.3, 0.4) is 0 Å². The van der Waals surface area contributed by atoms with Crippen molar-refractivity contribution < 1.29 is 14.3 Å². The van der Waals surface area contributed by atoms with Gasteiger partial charge in [-0.2, -0.15) is 10.4 Å². The van der Waals surface area contributed by atoms with Crippen LogP contribution < -0.4 is 15.2 Å². The van der Waals surface area contributed by atoms with E-state index in [-0.39, 0.29) is 11.5 Å². The third-order valence-electron chi connectivity index (χ3n) is 2.14. The van der Waals surface area contributed by atoms with E-state index in [4.69, 9.17) is 20.5 Å². The van der Waals surface area contributed by atoms with Crippen LogP contribution in [0, 0.1) is 11.3 Å². The molecule has 2 rings (SSSR count). The molecule has 0 radical (unpaired) electrons. The van der Waals surface area contributed by atoms with Crippen molar-refractivity contribution in [1.82, 2.24) is 9.61 Å². The molecule has 17 heavy (non-hydrogen) atoms. The lowest BCUT2D eigenvalue weighted by Crippen LogP contribution is -2.16. The average Bonchev–Trinajstić information content (AvgIpc) is 2.71. The molecule has 86 valence electrons. The molecule has 2 N–H and O–H groups in total. The van der Waals surface area contributed by atoms with Crippen molar-refractivity contribution in [3.8, 4) is 17.6 Å². The van der Waals surface area contributed by atoms with E-state index in [2.05, 4.69) is 5.10 Å². The van der Waals surface area contributed by atoms with E-state index in [9.17, 15) is 4.79 Å². The van der Waals surface area contributed by atoms with Crippen molar-refractivity contribution in [2.75, 3.05) is 7.11 Å². The number of rotatable bonds is 2. The molecule has 2 aromatic rings. The highest BCUT2D eigenvalue weighted by molar-refractivity contribution is 5.76. The summed E-state index contributed by atoms with van der Waals surface area (Å²) in [6, 6.07) is 3.45. The number of nitriles is 1. The molecule has 1 amide bonds. The molecule has 0 aliphatic rings. The minimum atomic E-state index is -0.953. The fourth-order valence-electron chi connectivity index (χ4n) is 1.50. The van der Waals surface area contributed by atoms with Crippen molar-refractivity contribution in [3.63, 3.8) is 0 Å². The number of amides is 1. The Labute approximate surface area is 96.0 Å². The third-order valence-corrected chi connectivity index (χ3v) is 2.14. The molecule has 0 atom stereocenters. The van der Waals surface area contributed by atoms with Gasteiger partial charge in [0.05, 0.1) is 13.3 Å². The highest BCUT2D eigenvalue weighted by atomic mass is 16.6. The van der Waals surface area contributed by atoms with Gasteiger partial charge in [-0.05, 0) is 0 Å². The summed E-state index contributed by atoms with van der Waals surface area (Å²) >= 11 is 0. The topological polar surface area (TPSA) is 103 Å². The van der Waals surface area contributed by atoms with E-state index in [1.54, 1.807) is 0 Å². The third kappa shape index (κ3) is 1.72. The van der Waals surface area contributed by atoms with Gasteiger partial charge in [0.25, 0.3) is 0 Å². The summed E-state index contributed by atoms with van der Waals surface area (Å²) in [5.74, 6) is 0.379. The summed E-state index contributed by atoms with van der Waals surface area (Å²) in [5.41, 5.74) is 5.68. The number of ether oxygens (including phenoxy) is 2. The molecule has 0 saturated heterocycles. The zero-order chi connectivity index (χ0) is 12.4. The lowest BCUT2D eigenvalue weighted by Gasteiger charge is -2.08. The van der Waals surface area contributed by atoms with Gasteiger partial charge in [-0.25, -0.2) is 9.31 Å². The lowest BCUT2D eigenvalue weighted by molar-refractivity contribution is 0.208. The monoisotopic (exact) mass is 232 g/mol. The quantitative estimate of drug-likeness (QED) is 0.819. The molecule has 0 spiro atoms. The van der Waals surface area contributed by atoms with Gasteiger partial charge in [0.1, 0.15) is 17.1 Å². The second-order valence-corrected chi connectivity index (χ2v) is 3.10. The molecule has 7 nitrogen and oxygen atoms in total.